The molecule has 1 N–H and O–H groups in total. The number of isocyanates is 1. The lowest BCUT2D eigenvalue weighted by molar-refractivity contribution is 0.333. The smallest absolute Gasteiger partial charge is 0.235 e. The number of benzene rings is 1. The summed E-state index contributed by atoms with van der Waals surface area (Å²) in [6.07, 6.45) is 4.78. The van der Waals surface area contributed by atoms with Gasteiger partial charge < -0.3 is 14.6 Å². The zero-order chi connectivity index (χ0) is 14.8. The van der Waals surface area contributed by atoms with Gasteiger partial charge in [-0.3, -0.25) is 0 Å². The van der Waals surface area contributed by atoms with Crippen molar-refractivity contribution in [3.63, 3.8) is 0 Å². The fourth-order valence-corrected chi connectivity index (χ4v) is 3.16. The van der Waals surface area contributed by atoms with E-state index in [-0.39, 0.29) is 10.8 Å². The molecule has 0 amide bonds. The Balaban J connectivity index is 2.76. The molecule has 1 aromatic carbocycles. The van der Waals surface area contributed by atoms with Crippen molar-refractivity contribution >= 4 is 17.7 Å². The van der Waals surface area contributed by atoms with Crippen LogP contribution in [0.4, 0.5) is 0 Å². The molecular weight excluding hydrogens is 282 g/mol. The van der Waals surface area contributed by atoms with Crippen LogP contribution >= 0.6 is 11.6 Å². The zero-order valence-corrected chi connectivity index (χ0v) is 12.2. The number of halogens is 1. The highest BCUT2D eigenvalue weighted by atomic mass is 35.5. The van der Waals surface area contributed by atoms with Crippen LogP contribution in [0.15, 0.2) is 11.1 Å². The molecule has 0 aromatic heterocycles. The van der Waals surface area contributed by atoms with Crippen molar-refractivity contribution in [3.05, 3.63) is 16.7 Å². The molecule has 0 unspecified atom stereocenters. The predicted octanol–water partition coefficient (Wildman–Crippen LogP) is 3.17. The SMILES string of the molecule is COc1cc(O)c(Cl)c(C2(N=C=O)CCCC2)c1OC. The molecule has 1 aliphatic rings. The Kier molecular flexibility index (Phi) is 4.21. The topological polar surface area (TPSA) is 68.1 Å². The number of hydrogen-bond acceptors (Lipinski definition) is 5. The normalized spacial score (nSPS) is 16.6. The van der Waals surface area contributed by atoms with Gasteiger partial charge in [0.15, 0.2) is 11.5 Å². The number of carbonyl (C=O) groups excluding carboxylic acids is 1. The van der Waals surface area contributed by atoms with Crippen LogP contribution in [0.3, 0.4) is 0 Å². The Morgan fingerprint density at radius 1 is 1.35 bits per heavy atom. The van der Waals surface area contributed by atoms with E-state index < -0.39 is 5.54 Å². The van der Waals surface area contributed by atoms with Gasteiger partial charge in [0.25, 0.3) is 0 Å². The zero-order valence-electron chi connectivity index (χ0n) is 11.4. The summed E-state index contributed by atoms with van der Waals surface area (Å²) in [5.74, 6) is 0.639. The summed E-state index contributed by atoms with van der Waals surface area (Å²) >= 11 is 6.24. The molecule has 0 saturated heterocycles. The van der Waals surface area contributed by atoms with Gasteiger partial charge in [-0.25, -0.2) is 4.79 Å². The van der Waals surface area contributed by atoms with Crippen LogP contribution in [0.25, 0.3) is 0 Å². The van der Waals surface area contributed by atoms with Crippen molar-refractivity contribution in [1.29, 1.82) is 0 Å². The fourth-order valence-electron chi connectivity index (χ4n) is 2.84. The van der Waals surface area contributed by atoms with Gasteiger partial charge in [-0.1, -0.05) is 24.4 Å². The third-order valence-corrected chi connectivity index (χ3v) is 4.13. The standard InChI is InChI=1S/C14H16ClNO4/c1-19-10-7-9(18)12(15)11(13(10)20-2)14(16-8-17)5-3-4-6-14/h7,18H,3-6H2,1-2H3. The number of phenolic OH excluding ortho intramolecular Hbond substituents is 1. The van der Waals surface area contributed by atoms with E-state index in [9.17, 15) is 9.90 Å². The van der Waals surface area contributed by atoms with Gasteiger partial charge in [0.05, 0.1) is 19.2 Å². The largest absolute Gasteiger partial charge is 0.506 e. The summed E-state index contributed by atoms with van der Waals surface area (Å²) in [6, 6.07) is 1.39. The highest BCUT2D eigenvalue weighted by molar-refractivity contribution is 6.33. The minimum absolute atomic E-state index is 0.119. The van der Waals surface area contributed by atoms with E-state index in [0.717, 1.165) is 12.8 Å². The maximum atomic E-state index is 10.8. The predicted molar refractivity (Wildman–Crippen MR) is 74.5 cm³/mol. The van der Waals surface area contributed by atoms with Crippen molar-refractivity contribution < 1.29 is 19.4 Å². The number of methoxy groups -OCH3 is 2. The monoisotopic (exact) mass is 297 g/mol. The van der Waals surface area contributed by atoms with E-state index in [1.807, 2.05) is 0 Å². The molecule has 1 aliphatic carbocycles. The fraction of sp³-hybridized carbons (Fsp3) is 0.500. The molecule has 1 aromatic rings. The van der Waals surface area contributed by atoms with Crippen LogP contribution in [0.5, 0.6) is 17.2 Å². The van der Waals surface area contributed by atoms with E-state index in [1.54, 1.807) is 6.08 Å². The van der Waals surface area contributed by atoms with Crippen molar-refractivity contribution in [1.82, 2.24) is 0 Å². The van der Waals surface area contributed by atoms with Gasteiger partial charge >= 0.3 is 0 Å². The number of rotatable bonds is 4. The van der Waals surface area contributed by atoms with Crippen LogP contribution in [0.1, 0.15) is 31.2 Å². The molecule has 5 nitrogen and oxygen atoms in total. The minimum atomic E-state index is -0.795. The van der Waals surface area contributed by atoms with E-state index in [0.29, 0.717) is 29.9 Å². The Morgan fingerprint density at radius 2 is 2.00 bits per heavy atom. The number of aliphatic imine (C=N–C) groups is 1. The second-order valence-corrected chi connectivity index (χ2v) is 5.14. The van der Waals surface area contributed by atoms with Gasteiger partial charge in [-0.2, -0.15) is 4.99 Å². The maximum absolute atomic E-state index is 10.8. The second kappa shape index (κ2) is 5.73. The first kappa shape index (κ1) is 14.7. The van der Waals surface area contributed by atoms with E-state index in [4.69, 9.17) is 21.1 Å². The number of aromatic hydroxyl groups is 1. The van der Waals surface area contributed by atoms with Gasteiger partial charge in [0.2, 0.25) is 6.08 Å². The molecule has 20 heavy (non-hydrogen) atoms. The summed E-state index contributed by atoms with van der Waals surface area (Å²) in [7, 11) is 2.96. The van der Waals surface area contributed by atoms with Crippen LogP contribution in [0, 0.1) is 0 Å². The first-order valence-electron chi connectivity index (χ1n) is 6.32. The number of nitrogens with zero attached hydrogens (tertiary/aromatic N) is 1. The average Bonchev–Trinajstić information content (AvgIpc) is 2.90. The summed E-state index contributed by atoms with van der Waals surface area (Å²) < 4.78 is 10.6. The molecule has 0 spiro atoms. The first-order chi connectivity index (χ1) is 9.59. The van der Waals surface area contributed by atoms with E-state index in [1.165, 1.54) is 20.3 Å². The van der Waals surface area contributed by atoms with Gasteiger partial charge in [0, 0.05) is 11.6 Å². The van der Waals surface area contributed by atoms with Crippen molar-refractivity contribution in [2.75, 3.05) is 14.2 Å². The van der Waals surface area contributed by atoms with Gasteiger partial charge in [-0.15, -0.1) is 0 Å². The third-order valence-electron chi connectivity index (χ3n) is 3.74. The Bertz CT molecular complexity index is 561. The van der Waals surface area contributed by atoms with Gasteiger partial charge in [0.1, 0.15) is 11.3 Å². The molecule has 0 radical (unpaired) electrons. The van der Waals surface area contributed by atoms with Crippen LogP contribution in [0.2, 0.25) is 5.02 Å². The molecule has 108 valence electrons. The van der Waals surface area contributed by atoms with Crippen molar-refractivity contribution in [3.8, 4) is 17.2 Å². The summed E-state index contributed by atoms with van der Waals surface area (Å²) in [5, 5.41) is 10.1. The molecule has 0 bridgehead atoms. The Labute approximate surface area is 122 Å². The lowest BCUT2D eigenvalue weighted by Gasteiger charge is -2.27. The summed E-state index contributed by atoms with van der Waals surface area (Å²) in [6.45, 7) is 0. The molecule has 0 aliphatic heterocycles. The maximum Gasteiger partial charge on any atom is 0.235 e. The quantitative estimate of drug-likeness (QED) is 0.684. The van der Waals surface area contributed by atoms with Crippen LogP contribution in [-0.4, -0.2) is 25.4 Å². The molecule has 0 heterocycles. The second-order valence-electron chi connectivity index (χ2n) is 4.76. The van der Waals surface area contributed by atoms with E-state index >= 15 is 0 Å². The lowest BCUT2D eigenvalue weighted by atomic mass is 9.87. The summed E-state index contributed by atoms with van der Waals surface area (Å²) in [4.78, 5) is 14.8. The first-order valence-corrected chi connectivity index (χ1v) is 6.70. The van der Waals surface area contributed by atoms with Crippen LogP contribution < -0.4 is 9.47 Å². The number of hydrogen-bond donors (Lipinski definition) is 1. The van der Waals surface area contributed by atoms with E-state index in [2.05, 4.69) is 4.99 Å². The molecular formula is C14H16ClNO4. The van der Waals surface area contributed by atoms with Gasteiger partial charge in [-0.05, 0) is 12.8 Å². The van der Waals surface area contributed by atoms with Crippen LogP contribution in [-0.2, 0) is 10.3 Å². The van der Waals surface area contributed by atoms with Crippen molar-refractivity contribution in [2.24, 2.45) is 4.99 Å². The molecule has 1 fully saturated rings. The molecule has 2 rings (SSSR count). The lowest BCUT2D eigenvalue weighted by Crippen LogP contribution is -2.21. The molecule has 0 atom stereocenters. The average molecular weight is 298 g/mol. The number of ether oxygens (including phenoxy) is 2. The number of phenols is 1. The van der Waals surface area contributed by atoms with Crippen molar-refractivity contribution in [2.45, 2.75) is 31.2 Å². The molecule has 1 saturated carbocycles. The highest BCUT2D eigenvalue weighted by Gasteiger charge is 2.41. The summed E-state index contributed by atoms with van der Waals surface area (Å²) in [5.41, 5.74) is -0.296. The Morgan fingerprint density at radius 3 is 2.50 bits per heavy atom. The Hall–Kier alpha value is -1.71. The highest BCUT2D eigenvalue weighted by Crippen LogP contribution is 2.53. The molecule has 6 heteroatoms. The third kappa shape index (κ3) is 2.23. The minimum Gasteiger partial charge on any atom is -0.506 e.